The Bertz CT molecular complexity index is 419. The van der Waals surface area contributed by atoms with E-state index in [-0.39, 0.29) is 12.1 Å². The van der Waals surface area contributed by atoms with E-state index in [1.165, 1.54) is 4.88 Å². The summed E-state index contributed by atoms with van der Waals surface area (Å²) in [5.41, 5.74) is 0. The van der Waals surface area contributed by atoms with E-state index in [9.17, 15) is 5.11 Å². The molecule has 4 nitrogen and oxygen atoms in total. The molecule has 1 aromatic rings. The zero-order valence-corrected chi connectivity index (χ0v) is 13.1. The van der Waals surface area contributed by atoms with Gasteiger partial charge in [-0.2, -0.15) is 0 Å². The maximum absolute atomic E-state index is 9.86. The summed E-state index contributed by atoms with van der Waals surface area (Å²) >= 11 is 1.75. The first-order valence-electron chi connectivity index (χ1n) is 7.47. The number of nitrogens with one attached hydrogen (secondary N) is 2. The molecule has 3 unspecified atom stereocenters. The number of aliphatic imine (C=N–C) groups is 1. The van der Waals surface area contributed by atoms with Gasteiger partial charge < -0.3 is 15.7 Å². The molecule has 0 spiro atoms. The van der Waals surface area contributed by atoms with Crippen molar-refractivity contribution in [1.82, 2.24) is 10.6 Å². The van der Waals surface area contributed by atoms with Crippen molar-refractivity contribution in [2.75, 3.05) is 13.1 Å². The zero-order valence-electron chi connectivity index (χ0n) is 12.3. The van der Waals surface area contributed by atoms with Crippen molar-refractivity contribution in [3.05, 3.63) is 22.4 Å². The van der Waals surface area contributed by atoms with E-state index in [4.69, 9.17) is 0 Å². The van der Waals surface area contributed by atoms with Gasteiger partial charge in [0.05, 0.1) is 12.1 Å². The number of nitrogens with zero attached hydrogens (tertiary/aromatic N) is 1. The van der Waals surface area contributed by atoms with E-state index in [1.54, 1.807) is 11.3 Å². The van der Waals surface area contributed by atoms with Gasteiger partial charge in [-0.15, -0.1) is 11.3 Å². The summed E-state index contributed by atoms with van der Waals surface area (Å²) in [5.74, 6) is 1.16. The summed E-state index contributed by atoms with van der Waals surface area (Å²) in [4.78, 5) is 5.94. The van der Waals surface area contributed by atoms with Gasteiger partial charge in [-0.25, -0.2) is 0 Å². The predicted octanol–water partition coefficient (Wildman–Crippen LogP) is 2.53. The number of hydrogen-bond acceptors (Lipinski definition) is 3. The van der Waals surface area contributed by atoms with Gasteiger partial charge >= 0.3 is 0 Å². The average molecular weight is 295 g/mol. The summed E-state index contributed by atoms with van der Waals surface area (Å²) in [6.45, 7) is 5.75. The molecule has 0 bridgehead atoms. The van der Waals surface area contributed by atoms with Crippen LogP contribution in [0.5, 0.6) is 0 Å². The molecule has 112 valence electrons. The third kappa shape index (κ3) is 4.21. The van der Waals surface area contributed by atoms with Crippen LogP contribution in [0.3, 0.4) is 0 Å². The number of guanidine groups is 1. The first kappa shape index (κ1) is 15.3. The molecule has 0 amide bonds. The predicted molar refractivity (Wildman–Crippen MR) is 85.2 cm³/mol. The number of aliphatic hydroxyl groups is 1. The highest BCUT2D eigenvalue weighted by Crippen LogP contribution is 2.25. The standard InChI is InChI=1S/C15H25N3OS/c1-3-16-15(17-10-12-6-4-7-13(12)19)18-11(2)14-8-5-9-20-14/h5,8-9,11-13,19H,3-4,6-7,10H2,1-2H3,(H2,16,17,18). The van der Waals surface area contributed by atoms with Gasteiger partial charge in [-0.3, -0.25) is 4.99 Å². The van der Waals surface area contributed by atoms with E-state index < -0.39 is 0 Å². The largest absolute Gasteiger partial charge is 0.393 e. The molecular formula is C15H25N3OS. The van der Waals surface area contributed by atoms with Crippen molar-refractivity contribution >= 4 is 17.3 Å². The molecule has 3 atom stereocenters. The Labute approximate surface area is 125 Å². The molecule has 1 aromatic heterocycles. The van der Waals surface area contributed by atoms with Gasteiger partial charge in [0.1, 0.15) is 0 Å². The average Bonchev–Trinajstić information content (AvgIpc) is 3.07. The molecule has 0 aliphatic heterocycles. The molecule has 0 saturated heterocycles. The Morgan fingerprint density at radius 3 is 3.00 bits per heavy atom. The van der Waals surface area contributed by atoms with Crippen LogP contribution in [-0.2, 0) is 0 Å². The summed E-state index contributed by atoms with van der Waals surface area (Å²) in [5, 5.41) is 18.6. The van der Waals surface area contributed by atoms with E-state index in [0.29, 0.717) is 12.5 Å². The fraction of sp³-hybridized carbons (Fsp3) is 0.667. The molecule has 1 aliphatic carbocycles. The van der Waals surface area contributed by atoms with Crippen LogP contribution in [0.15, 0.2) is 22.5 Å². The molecule has 0 radical (unpaired) electrons. The summed E-state index contributed by atoms with van der Waals surface area (Å²) in [7, 11) is 0. The Balaban J connectivity index is 1.91. The fourth-order valence-electron chi connectivity index (χ4n) is 2.57. The summed E-state index contributed by atoms with van der Waals surface area (Å²) < 4.78 is 0. The molecule has 2 rings (SSSR count). The van der Waals surface area contributed by atoms with Crippen molar-refractivity contribution in [2.24, 2.45) is 10.9 Å². The fourth-order valence-corrected chi connectivity index (χ4v) is 3.31. The third-order valence-electron chi connectivity index (χ3n) is 3.77. The number of hydrogen-bond donors (Lipinski definition) is 3. The highest BCUT2D eigenvalue weighted by molar-refractivity contribution is 7.10. The minimum atomic E-state index is -0.170. The summed E-state index contributed by atoms with van der Waals surface area (Å²) in [6.07, 6.45) is 2.97. The smallest absolute Gasteiger partial charge is 0.191 e. The van der Waals surface area contributed by atoms with Crippen LogP contribution in [0.4, 0.5) is 0 Å². The van der Waals surface area contributed by atoms with Crippen molar-refractivity contribution in [2.45, 2.75) is 45.3 Å². The quantitative estimate of drug-likeness (QED) is 0.578. The Kier molecular flexibility index (Phi) is 5.86. The molecule has 1 fully saturated rings. The van der Waals surface area contributed by atoms with E-state index in [0.717, 1.165) is 31.8 Å². The lowest BCUT2D eigenvalue weighted by Gasteiger charge is -2.18. The molecule has 20 heavy (non-hydrogen) atoms. The first-order valence-corrected chi connectivity index (χ1v) is 8.35. The number of aliphatic hydroxyl groups excluding tert-OH is 1. The van der Waals surface area contributed by atoms with E-state index >= 15 is 0 Å². The molecule has 3 N–H and O–H groups in total. The highest BCUT2D eigenvalue weighted by Gasteiger charge is 2.24. The highest BCUT2D eigenvalue weighted by atomic mass is 32.1. The SMILES string of the molecule is CCNC(=NCC1CCCC1O)NC(C)c1cccs1. The second-order valence-corrected chi connectivity index (χ2v) is 6.34. The zero-order chi connectivity index (χ0) is 14.4. The van der Waals surface area contributed by atoms with Crippen molar-refractivity contribution in [3.63, 3.8) is 0 Å². The van der Waals surface area contributed by atoms with Crippen LogP contribution >= 0.6 is 11.3 Å². The normalized spacial score (nSPS) is 24.6. The third-order valence-corrected chi connectivity index (χ3v) is 4.83. The van der Waals surface area contributed by atoms with Gasteiger partial charge in [-0.1, -0.05) is 12.5 Å². The van der Waals surface area contributed by atoms with E-state index in [1.807, 2.05) is 0 Å². The Hall–Kier alpha value is -1.07. The maximum Gasteiger partial charge on any atom is 0.191 e. The van der Waals surface area contributed by atoms with Crippen molar-refractivity contribution in [1.29, 1.82) is 0 Å². The van der Waals surface area contributed by atoms with Crippen LogP contribution in [0, 0.1) is 5.92 Å². The van der Waals surface area contributed by atoms with E-state index in [2.05, 4.69) is 47.0 Å². The number of thiophene rings is 1. The molecule has 1 saturated carbocycles. The van der Waals surface area contributed by atoms with Gasteiger partial charge in [-0.05, 0) is 38.1 Å². The second kappa shape index (κ2) is 7.64. The Morgan fingerprint density at radius 2 is 2.40 bits per heavy atom. The van der Waals surface area contributed by atoms with Crippen molar-refractivity contribution < 1.29 is 5.11 Å². The lowest BCUT2D eigenvalue weighted by molar-refractivity contribution is 0.136. The Morgan fingerprint density at radius 1 is 1.55 bits per heavy atom. The van der Waals surface area contributed by atoms with Gasteiger partial charge in [0, 0.05) is 23.9 Å². The molecule has 0 aromatic carbocycles. The van der Waals surface area contributed by atoms with Crippen LogP contribution in [-0.4, -0.2) is 30.3 Å². The summed E-state index contributed by atoms with van der Waals surface area (Å²) in [6, 6.07) is 4.45. The topological polar surface area (TPSA) is 56.7 Å². The van der Waals surface area contributed by atoms with Crippen LogP contribution in [0.1, 0.15) is 44.0 Å². The van der Waals surface area contributed by atoms with Gasteiger partial charge in [0.2, 0.25) is 0 Å². The monoisotopic (exact) mass is 295 g/mol. The molecular weight excluding hydrogens is 270 g/mol. The van der Waals surface area contributed by atoms with Crippen molar-refractivity contribution in [3.8, 4) is 0 Å². The first-order chi connectivity index (χ1) is 9.70. The van der Waals surface area contributed by atoms with Crippen LogP contribution in [0.25, 0.3) is 0 Å². The molecule has 1 aliphatic rings. The molecule has 5 heteroatoms. The van der Waals surface area contributed by atoms with Crippen LogP contribution < -0.4 is 10.6 Å². The number of rotatable bonds is 5. The lowest BCUT2D eigenvalue weighted by Crippen LogP contribution is -2.39. The van der Waals surface area contributed by atoms with Gasteiger partial charge in [0.25, 0.3) is 0 Å². The van der Waals surface area contributed by atoms with Crippen LogP contribution in [0.2, 0.25) is 0 Å². The van der Waals surface area contributed by atoms with Gasteiger partial charge in [0.15, 0.2) is 5.96 Å². The maximum atomic E-state index is 9.86. The minimum Gasteiger partial charge on any atom is -0.393 e. The minimum absolute atomic E-state index is 0.170. The second-order valence-electron chi connectivity index (χ2n) is 5.36. The lowest BCUT2D eigenvalue weighted by atomic mass is 10.1. The molecule has 1 heterocycles.